The lowest BCUT2D eigenvalue weighted by Crippen LogP contribution is -2.71. The minimum Gasteiger partial charge on any atom is -0.418 e. The molecule has 2 aliphatic heterocycles. The quantitative estimate of drug-likeness (QED) is 0.171. The van der Waals surface area contributed by atoms with E-state index in [0.717, 1.165) is 5.56 Å². The van der Waals surface area contributed by atoms with Gasteiger partial charge in [-0.2, -0.15) is 0 Å². The molecule has 1 aromatic carbocycles. The largest absolute Gasteiger partial charge is 0.418 e. The minimum atomic E-state index is -2.13. The van der Waals surface area contributed by atoms with Crippen LogP contribution in [0.25, 0.3) is 0 Å². The Bertz CT molecular complexity index is 1160. The maximum Gasteiger partial charge on any atom is 0.409 e. The Morgan fingerprint density at radius 2 is 1.79 bits per heavy atom. The van der Waals surface area contributed by atoms with Crippen LogP contribution < -0.4 is 16.4 Å². The van der Waals surface area contributed by atoms with Gasteiger partial charge in [0.1, 0.15) is 12.1 Å². The molecular weight excluding hydrogens is 546 g/mol. The number of aliphatic hydroxyl groups excluding tert-OH is 2. The number of nitrogens with zero attached hydrogens (tertiary/aromatic N) is 2. The molecule has 3 rings (SSSR count). The highest BCUT2D eigenvalue weighted by Crippen LogP contribution is 2.37. The number of nitrogens with two attached hydrogens (primary N) is 1. The summed E-state index contributed by atoms with van der Waals surface area (Å²) in [5.41, 5.74) is 0.387. The van der Waals surface area contributed by atoms with Crippen LogP contribution >= 0.6 is 0 Å². The highest BCUT2D eigenvalue weighted by Gasteiger charge is 2.56. The SMILES string of the molecule is C[C@@H](O)[C@@](N)(C=O)NC(=O)C1(Cc2ccccc2)CCCN1C(=O)[C@@H]1CCCN1[C@@](C=O)(CO)OC(=O)NC(C)(C)C. The lowest BCUT2D eigenvalue weighted by Gasteiger charge is -2.44. The van der Waals surface area contributed by atoms with Gasteiger partial charge in [0.05, 0.1) is 12.1 Å². The lowest BCUT2D eigenvalue weighted by molar-refractivity contribution is -0.171. The first-order chi connectivity index (χ1) is 19.7. The van der Waals surface area contributed by atoms with Crippen LogP contribution in [0.2, 0.25) is 0 Å². The van der Waals surface area contributed by atoms with E-state index in [4.69, 9.17) is 10.5 Å². The molecule has 0 saturated carbocycles. The summed E-state index contributed by atoms with van der Waals surface area (Å²) < 4.78 is 5.47. The molecule has 3 amide bonds. The van der Waals surface area contributed by atoms with Gasteiger partial charge < -0.3 is 36.2 Å². The zero-order valence-electron chi connectivity index (χ0n) is 24.7. The zero-order chi connectivity index (χ0) is 31.3. The Morgan fingerprint density at radius 1 is 1.12 bits per heavy atom. The molecular formula is C29H43N5O8. The molecule has 5 atom stereocenters. The molecule has 2 fully saturated rings. The monoisotopic (exact) mass is 589 g/mol. The Hall–Kier alpha value is -3.39. The molecule has 232 valence electrons. The lowest BCUT2D eigenvalue weighted by atomic mass is 9.85. The normalized spacial score (nSPS) is 24.6. The van der Waals surface area contributed by atoms with Crippen molar-refractivity contribution < 1.29 is 38.9 Å². The zero-order valence-corrected chi connectivity index (χ0v) is 24.7. The number of rotatable bonds is 11. The maximum atomic E-state index is 14.3. The fourth-order valence-electron chi connectivity index (χ4n) is 5.64. The first kappa shape index (κ1) is 33.1. The summed E-state index contributed by atoms with van der Waals surface area (Å²) in [5, 5.41) is 25.5. The fraction of sp³-hybridized carbons (Fsp3) is 0.621. The molecule has 6 N–H and O–H groups in total. The number of aldehydes is 2. The summed E-state index contributed by atoms with van der Waals surface area (Å²) >= 11 is 0. The Morgan fingerprint density at radius 3 is 2.33 bits per heavy atom. The van der Waals surface area contributed by atoms with Gasteiger partial charge in [0.25, 0.3) is 0 Å². The van der Waals surface area contributed by atoms with Crippen LogP contribution in [0.15, 0.2) is 30.3 Å². The van der Waals surface area contributed by atoms with E-state index in [1.165, 1.54) is 16.7 Å². The number of likely N-dealkylation sites (tertiary alicyclic amines) is 2. The van der Waals surface area contributed by atoms with Crippen molar-refractivity contribution in [2.24, 2.45) is 5.73 Å². The number of hydrogen-bond acceptors (Lipinski definition) is 10. The summed E-state index contributed by atoms with van der Waals surface area (Å²) in [6.07, 6.45) is -0.266. The third kappa shape index (κ3) is 6.80. The van der Waals surface area contributed by atoms with E-state index in [1.54, 1.807) is 32.9 Å². The molecule has 1 unspecified atom stereocenters. The third-order valence-corrected chi connectivity index (χ3v) is 7.91. The van der Waals surface area contributed by atoms with Crippen molar-refractivity contribution >= 4 is 30.5 Å². The third-order valence-electron chi connectivity index (χ3n) is 7.91. The predicted octanol–water partition coefficient (Wildman–Crippen LogP) is -0.182. The number of benzene rings is 1. The van der Waals surface area contributed by atoms with Crippen LogP contribution in [0.3, 0.4) is 0 Å². The van der Waals surface area contributed by atoms with Crippen LogP contribution in [0.4, 0.5) is 4.79 Å². The van der Waals surface area contributed by atoms with Crippen molar-refractivity contribution in [3.8, 4) is 0 Å². The second-order valence-corrected chi connectivity index (χ2v) is 12.2. The molecule has 42 heavy (non-hydrogen) atoms. The van der Waals surface area contributed by atoms with E-state index < -0.39 is 59.1 Å². The molecule has 1 aromatic rings. The van der Waals surface area contributed by atoms with E-state index in [9.17, 15) is 34.2 Å². The Balaban J connectivity index is 2.00. The predicted molar refractivity (Wildman–Crippen MR) is 152 cm³/mol. The van der Waals surface area contributed by atoms with Gasteiger partial charge in [-0.3, -0.25) is 19.2 Å². The maximum absolute atomic E-state index is 14.3. The molecule has 13 heteroatoms. The van der Waals surface area contributed by atoms with Crippen molar-refractivity contribution in [2.75, 3.05) is 19.7 Å². The van der Waals surface area contributed by atoms with Crippen LogP contribution in [0, 0.1) is 0 Å². The molecule has 2 saturated heterocycles. The summed E-state index contributed by atoms with van der Waals surface area (Å²) in [5.74, 6) is -1.21. The first-order valence-corrected chi connectivity index (χ1v) is 14.1. The van der Waals surface area contributed by atoms with Gasteiger partial charge in [0.15, 0.2) is 18.2 Å². The molecule has 0 bridgehead atoms. The van der Waals surface area contributed by atoms with Crippen molar-refractivity contribution in [3.63, 3.8) is 0 Å². The van der Waals surface area contributed by atoms with Gasteiger partial charge in [-0.05, 0) is 58.9 Å². The van der Waals surface area contributed by atoms with Crippen molar-refractivity contribution in [1.82, 2.24) is 20.4 Å². The summed E-state index contributed by atoms with van der Waals surface area (Å²) in [6.45, 7) is 5.91. The summed E-state index contributed by atoms with van der Waals surface area (Å²) in [7, 11) is 0. The van der Waals surface area contributed by atoms with Gasteiger partial charge in [0, 0.05) is 25.0 Å². The second kappa shape index (κ2) is 12.9. The van der Waals surface area contributed by atoms with Gasteiger partial charge in [0.2, 0.25) is 17.5 Å². The molecule has 0 spiro atoms. The molecule has 0 radical (unpaired) electrons. The van der Waals surface area contributed by atoms with Gasteiger partial charge in [-0.1, -0.05) is 30.3 Å². The number of amides is 3. The van der Waals surface area contributed by atoms with Crippen molar-refractivity contribution in [1.29, 1.82) is 0 Å². The Kier molecular flexibility index (Phi) is 10.1. The number of carbonyl (C=O) groups excluding carboxylic acids is 5. The number of hydrogen-bond donors (Lipinski definition) is 5. The van der Waals surface area contributed by atoms with E-state index >= 15 is 0 Å². The van der Waals surface area contributed by atoms with E-state index in [2.05, 4.69) is 10.6 Å². The molecule has 2 aliphatic rings. The molecule has 0 aromatic heterocycles. The average molecular weight is 590 g/mol. The fourth-order valence-corrected chi connectivity index (χ4v) is 5.64. The second-order valence-electron chi connectivity index (χ2n) is 12.2. The number of alkyl carbamates (subject to hydrolysis) is 1. The molecule has 0 aliphatic carbocycles. The van der Waals surface area contributed by atoms with E-state index in [-0.39, 0.29) is 38.6 Å². The van der Waals surface area contributed by atoms with Gasteiger partial charge in [-0.25, -0.2) is 9.69 Å². The topological polar surface area (TPSA) is 192 Å². The highest BCUT2D eigenvalue weighted by atomic mass is 16.6. The van der Waals surface area contributed by atoms with Gasteiger partial charge >= 0.3 is 6.09 Å². The number of aliphatic hydroxyl groups is 2. The Labute approximate surface area is 245 Å². The smallest absolute Gasteiger partial charge is 0.409 e. The highest BCUT2D eigenvalue weighted by molar-refractivity contribution is 5.96. The van der Waals surface area contributed by atoms with Crippen LogP contribution in [-0.2, 0) is 30.3 Å². The van der Waals surface area contributed by atoms with E-state index in [1.807, 2.05) is 18.2 Å². The van der Waals surface area contributed by atoms with Crippen LogP contribution in [-0.4, -0.2) is 105 Å². The first-order valence-electron chi connectivity index (χ1n) is 14.1. The number of carbonyl (C=O) groups is 5. The number of nitrogens with one attached hydrogen (secondary N) is 2. The molecule has 2 heterocycles. The summed E-state index contributed by atoms with van der Waals surface area (Å²) in [6, 6.07) is 8.04. The van der Waals surface area contributed by atoms with Crippen LogP contribution in [0.1, 0.15) is 58.9 Å². The standard InChI is InChI=1S/C29H43N5O8/c1-20(38)29(30,19-37)31-24(40)27(16-21-10-6-5-7-11-21)13-9-15-34(27)23(39)22-12-8-14-33(22)28(17-35,18-36)42-25(41)32-26(2,3)4/h5-7,10-11,17,19-20,22,36,38H,8-9,12-16,18,30H2,1-4H3,(H,31,40)(H,32,41)/t20-,22+,27?,28-,29-/m1/s1. The minimum absolute atomic E-state index is 0.0934. The average Bonchev–Trinajstić information content (AvgIpc) is 3.59. The molecule has 13 nitrogen and oxygen atoms in total. The van der Waals surface area contributed by atoms with Crippen molar-refractivity contribution in [3.05, 3.63) is 35.9 Å². The van der Waals surface area contributed by atoms with E-state index in [0.29, 0.717) is 19.1 Å². The van der Waals surface area contributed by atoms with Crippen molar-refractivity contribution in [2.45, 2.75) is 94.4 Å². The number of ether oxygens (including phenoxy) is 1. The van der Waals surface area contributed by atoms with Gasteiger partial charge in [-0.15, -0.1) is 0 Å². The summed E-state index contributed by atoms with van der Waals surface area (Å²) in [4.78, 5) is 68.0. The van der Waals surface area contributed by atoms with Crippen LogP contribution in [0.5, 0.6) is 0 Å².